The van der Waals surface area contributed by atoms with Gasteiger partial charge in [-0.2, -0.15) is 0 Å². The second kappa shape index (κ2) is 4.63. The summed E-state index contributed by atoms with van der Waals surface area (Å²) in [6, 6.07) is 10.1. The van der Waals surface area contributed by atoms with E-state index in [4.69, 9.17) is 11.6 Å². The SMILES string of the molecule is O=C(Cl)C1=C(c2ccccc2)CCCC1. The Balaban J connectivity index is 2.44. The Morgan fingerprint density at radius 2 is 1.73 bits per heavy atom. The molecule has 2 rings (SSSR count). The number of hydrogen-bond donors (Lipinski definition) is 0. The lowest BCUT2D eigenvalue weighted by Crippen LogP contribution is -2.04. The fourth-order valence-electron chi connectivity index (χ4n) is 2.08. The van der Waals surface area contributed by atoms with Gasteiger partial charge in [0, 0.05) is 5.57 Å². The van der Waals surface area contributed by atoms with Crippen LogP contribution in [0.4, 0.5) is 0 Å². The van der Waals surface area contributed by atoms with E-state index in [9.17, 15) is 4.79 Å². The van der Waals surface area contributed by atoms with Crippen LogP contribution in [0, 0.1) is 0 Å². The molecule has 2 heteroatoms. The maximum absolute atomic E-state index is 11.3. The van der Waals surface area contributed by atoms with Crippen LogP contribution in [0.15, 0.2) is 35.9 Å². The van der Waals surface area contributed by atoms with Gasteiger partial charge in [-0.15, -0.1) is 0 Å². The van der Waals surface area contributed by atoms with Crippen LogP contribution in [0.3, 0.4) is 0 Å². The molecule has 1 aromatic carbocycles. The van der Waals surface area contributed by atoms with Crippen molar-refractivity contribution in [3.63, 3.8) is 0 Å². The minimum absolute atomic E-state index is 0.284. The molecule has 0 saturated carbocycles. The predicted octanol–water partition coefficient (Wildman–Crippen LogP) is 3.78. The average Bonchev–Trinajstić information content (AvgIpc) is 2.30. The quantitative estimate of drug-likeness (QED) is 0.694. The summed E-state index contributed by atoms with van der Waals surface area (Å²) < 4.78 is 0. The first-order valence-electron chi connectivity index (χ1n) is 5.26. The molecule has 1 aliphatic rings. The summed E-state index contributed by atoms with van der Waals surface area (Å²) in [5.74, 6) is 0. The molecule has 0 spiro atoms. The van der Waals surface area contributed by atoms with Gasteiger partial charge in [-0.1, -0.05) is 30.3 Å². The van der Waals surface area contributed by atoms with Crippen molar-refractivity contribution in [2.24, 2.45) is 0 Å². The second-order valence-electron chi connectivity index (χ2n) is 3.80. The fourth-order valence-corrected chi connectivity index (χ4v) is 2.29. The minimum Gasteiger partial charge on any atom is -0.276 e. The summed E-state index contributed by atoms with van der Waals surface area (Å²) in [6.07, 6.45) is 4.02. The Labute approximate surface area is 94.8 Å². The number of halogens is 1. The highest BCUT2D eigenvalue weighted by molar-refractivity contribution is 6.68. The van der Waals surface area contributed by atoms with Crippen LogP contribution in [-0.4, -0.2) is 5.24 Å². The van der Waals surface area contributed by atoms with Crippen LogP contribution in [0.25, 0.3) is 5.57 Å². The molecule has 0 bridgehead atoms. The van der Waals surface area contributed by atoms with Gasteiger partial charge >= 0.3 is 0 Å². The van der Waals surface area contributed by atoms with Crippen molar-refractivity contribution in [2.45, 2.75) is 25.7 Å². The summed E-state index contributed by atoms with van der Waals surface area (Å²) in [4.78, 5) is 11.3. The minimum atomic E-state index is -0.284. The molecule has 0 heterocycles. The van der Waals surface area contributed by atoms with Crippen molar-refractivity contribution in [1.82, 2.24) is 0 Å². The van der Waals surface area contributed by atoms with Crippen molar-refractivity contribution in [2.75, 3.05) is 0 Å². The fraction of sp³-hybridized carbons (Fsp3) is 0.308. The normalized spacial score (nSPS) is 16.6. The van der Waals surface area contributed by atoms with Crippen LogP contribution >= 0.6 is 11.6 Å². The first-order valence-corrected chi connectivity index (χ1v) is 5.64. The zero-order chi connectivity index (χ0) is 10.7. The monoisotopic (exact) mass is 220 g/mol. The summed E-state index contributed by atoms with van der Waals surface area (Å²) in [5.41, 5.74) is 3.09. The number of carbonyl (C=O) groups excluding carboxylic acids is 1. The van der Waals surface area contributed by atoms with Gasteiger partial charge in [0.15, 0.2) is 0 Å². The highest BCUT2D eigenvalue weighted by Gasteiger charge is 2.18. The van der Waals surface area contributed by atoms with Gasteiger partial charge in [-0.3, -0.25) is 4.79 Å². The van der Waals surface area contributed by atoms with Gasteiger partial charge in [0.1, 0.15) is 0 Å². The molecule has 0 amide bonds. The number of benzene rings is 1. The summed E-state index contributed by atoms with van der Waals surface area (Å²) in [7, 11) is 0. The first-order chi connectivity index (χ1) is 7.29. The Morgan fingerprint density at radius 1 is 1.07 bits per heavy atom. The lowest BCUT2D eigenvalue weighted by Gasteiger charge is -2.17. The standard InChI is InChI=1S/C13H13ClO/c14-13(15)12-9-5-4-8-11(12)10-6-2-1-3-7-10/h1-3,6-7H,4-5,8-9H2. The molecule has 1 aromatic rings. The third-order valence-electron chi connectivity index (χ3n) is 2.83. The number of allylic oxidation sites excluding steroid dienone is 2. The van der Waals surface area contributed by atoms with Crippen molar-refractivity contribution in [1.29, 1.82) is 0 Å². The largest absolute Gasteiger partial charge is 0.276 e. The van der Waals surface area contributed by atoms with E-state index < -0.39 is 0 Å². The summed E-state index contributed by atoms with van der Waals surface area (Å²) in [5, 5.41) is -0.284. The van der Waals surface area contributed by atoms with E-state index in [0.717, 1.165) is 42.4 Å². The molecular weight excluding hydrogens is 208 g/mol. The van der Waals surface area contributed by atoms with Gasteiger partial charge in [-0.05, 0) is 48.4 Å². The Hall–Kier alpha value is -1.08. The lowest BCUT2D eigenvalue weighted by molar-refractivity contribution is -0.108. The zero-order valence-corrected chi connectivity index (χ0v) is 9.26. The van der Waals surface area contributed by atoms with E-state index in [2.05, 4.69) is 0 Å². The molecule has 0 unspecified atom stereocenters. The number of hydrogen-bond acceptors (Lipinski definition) is 1. The van der Waals surface area contributed by atoms with E-state index in [1.165, 1.54) is 0 Å². The van der Waals surface area contributed by atoms with E-state index in [-0.39, 0.29) is 5.24 Å². The molecule has 78 valence electrons. The molecule has 0 N–H and O–H groups in total. The molecule has 15 heavy (non-hydrogen) atoms. The van der Waals surface area contributed by atoms with Crippen molar-refractivity contribution in [3.05, 3.63) is 41.5 Å². The first kappa shape index (κ1) is 10.4. The molecule has 1 nitrogen and oxygen atoms in total. The molecule has 0 radical (unpaired) electrons. The van der Waals surface area contributed by atoms with Crippen LogP contribution in [0.1, 0.15) is 31.2 Å². The smallest absolute Gasteiger partial charge is 0.248 e. The van der Waals surface area contributed by atoms with Gasteiger partial charge in [0.05, 0.1) is 0 Å². The summed E-state index contributed by atoms with van der Waals surface area (Å²) >= 11 is 5.60. The second-order valence-corrected chi connectivity index (χ2v) is 4.15. The van der Waals surface area contributed by atoms with E-state index in [1.54, 1.807) is 0 Å². The third-order valence-corrected chi connectivity index (χ3v) is 3.06. The van der Waals surface area contributed by atoms with E-state index in [1.807, 2.05) is 30.3 Å². The molecule has 0 atom stereocenters. The molecule has 0 saturated heterocycles. The highest BCUT2D eigenvalue weighted by atomic mass is 35.5. The average molecular weight is 221 g/mol. The Bertz CT molecular complexity index is 392. The van der Waals surface area contributed by atoms with Crippen molar-refractivity contribution >= 4 is 22.4 Å². The van der Waals surface area contributed by atoms with Gasteiger partial charge in [-0.25, -0.2) is 0 Å². The number of carbonyl (C=O) groups is 1. The lowest BCUT2D eigenvalue weighted by atomic mass is 9.88. The van der Waals surface area contributed by atoms with E-state index in [0.29, 0.717) is 0 Å². The van der Waals surface area contributed by atoms with Crippen molar-refractivity contribution in [3.8, 4) is 0 Å². The van der Waals surface area contributed by atoms with Gasteiger partial charge in [0.25, 0.3) is 0 Å². The van der Waals surface area contributed by atoms with Gasteiger partial charge in [0.2, 0.25) is 5.24 Å². The predicted molar refractivity (Wildman–Crippen MR) is 62.7 cm³/mol. The van der Waals surface area contributed by atoms with Crippen LogP contribution in [-0.2, 0) is 4.79 Å². The molecule has 1 aliphatic carbocycles. The maximum Gasteiger partial charge on any atom is 0.248 e. The third kappa shape index (κ3) is 2.29. The Kier molecular flexibility index (Phi) is 3.22. The molecule has 0 fully saturated rings. The van der Waals surface area contributed by atoms with Crippen LogP contribution < -0.4 is 0 Å². The number of rotatable bonds is 2. The zero-order valence-electron chi connectivity index (χ0n) is 8.50. The highest BCUT2D eigenvalue weighted by Crippen LogP contribution is 2.33. The van der Waals surface area contributed by atoms with Crippen molar-refractivity contribution < 1.29 is 4.79 Å². The van der Waals surface area contributed by atoms with Crippen LogP contribution in [0.5, 0.6) is 0 Å². The molecule has 0 aliphatic heterocycles. The summed E-state index contributed by atoms with van der Waals surface area (Å²) in [6.45, 7) is 0. The Morgan fingerprint density at radius 3 is 2.40 bits per heavy atom. The maximum atomic E-state index is 11.3. The topological polar surface area (TPSA) is 17.1 Å². The van der Waals surface area contributed by atoms with Crippen LogP contribution in [0.2, 0.25) is 0 Å². The molecular formula is C13H13ClO. The van der Waals surface area contributed by atoms with Gasteiger partial charge < -0.3 is 0 Å². The molecule has 0 aromatic heterocycles. The van der Waals surface area contributed by atoms with E-state index >= 15 is 0 Å².